The van der Waals surface area contributed by atoms with Gasteiger partial charge >= 0.3 is 6.03 Å². The highest BCUT2D eigenvalue weighted by Crippen LogP contribution is 2.49. The summed E-state index contributed by atoms with van der Waals surface area (Å²) >= 11 is 0. The van der Waals surface area contributed by atoms with E-state index in [0.717, 1.165) is 44.5 Å². The number of piperidine rings is 1. The van der Waals surface area contributed by atoms with Gasteiger partial charge < -0.3 is 20.3 Å². The lowest BCUT2D eigenvalue weighted by Gasteiger charge is -2.54. The lowest BCUT2D eigenvalue weighted by atomic mass is 9.59. The maximum absolute atomic E-state index is 12.4. The van der Waals surface area contributed by atoms with Gasteiger partial charge in [-0.15, -0.1) is 0 Å². The number of para-hydroxylation sites is 1. The van der Waals surface area contributed by atoms with E-state index in [1.54, 1.807) is 0 Å². The molecule has 1 aliphatic carbocycles. The van der Waals surface area contributed by atoms with Gasteiger partial charge in [-0.3, -0.25) is 4.79 Å². The van der Waals surface area contributed by atoms with Crippen LogP contribution in [0.5, 0.6) is 0 Å². The molecule has 0 radical (unpaired) electrons. The Kier molecular flexibility index (Phi) is 5.04. The highest BCUT2D eigenvalue weighted by molar-refractivity contribution is 5.89. The summed E-state index contributed by atoms with van der Waals surface area (Å²) in [5.41, 5.74) is 0.976. The summed E-state index contributed by atoms with van der Waals surface area (Å²) in [6, 6.07) is 9.68. The van der Waals surface area contributed by atoms with Gasteiger partial charge in [0.25, 0.3) is 0 Å². The molecular weight excluding hydrogens is 306 g/mol. The monoisotopic (exact) mass is 331 g/mol. The van der Waals surface area contributed by atoms with Crippen molar-refractivity contribution in [2.24, 2.45) is 5.41 Å². The van der Waals surface area contributed by atoms with E-state index in [9.17, 15) is 9.59 Å². The normalized spacial score (nSPS) is 21.9. The molecular formula is C18H25N3O3. The van der Waals surface area contributed by atoms with E-state index in [1.165, 1.54) is 7.11 Å². The van der Waals surface area contributed by atoms with Crippen molar-refractivity contribution in [1.82, 2.24) is 10.2 Å². The third-order valence-electron chi connectivity index (χ3n) is 5.35. The first-order valence-electron chi connectivity index (χ1n) is 8.52. The first kappa shape index (κ1) is 16.8. The van der Waals surface area contributed by atoms with Crippen molar-refractivity contribution in [2.45, 2.75) is 31.7 Å². The van der Waals surface area contributed by atoms with Crippen LogP contribution in [-0.2, 0) is 9.53 Å². The van der Waals surface area contributed by atoms with Crippen molar-refractivity contribution < 1.29 is 14.3 Å². The first-order valence-corrected chi connectivity index (χ1v) is 8.52. The molecule has 2 N–H and O–H groups in total. The Bertz CT molecular complexity index is 582. The summed E-state index contributed by atoms with van der Waals surface area (Å²) in [5.74, 6) is -0.0502. The highest BCUT2D eigenvalue weighted by Gasteiger charge is 2.49. The number of likely N-dealkylation sites (tertiary alicyclic amines) is 1. The van der Waals surface area contributed by atoms with E-state index >= 15 is 0 Å². The number of ether oxygens (including phenoxy) is 1. The summed E-state index contributed by atoms with van der Waals surface area (Å²) in [6.45, 7) is 1.57. The van der Waals surface area contributed by atoms with Gasteiger partial charge in [-0.05, 0) is 43.2 Å². The van der Waals surface area contributed by atoms with Crippen LogP contribution in [0.1, 0.15) is 25.7 Å². The van der Waals surface area contributed by atoms with Gasteiger partial charge in [-0.1, -0.05) is 18.2 Å². The van der Waals surface area contributed by atoms with Gasteiger partial charge in [0, 0.05) is 31.9 Å². The average molecular weight is 331 g/mol. The van der Waals surface area contributed by atoms with E-state index in [-0.39, 0.29) is 30.0 Å². The van der Waals surface area contributed by atoms with Crippen LogP contribution in [-0.4, -0.2) is 49.7 Å². The fraction of sp³-hybridized carbons (Fsp3) is 0.556. The zero-order valence-corrected chi connectivity index (χ0v) is 14.1. The number of nitrogens with zero attached hydrogens (tertiary/aromatic N) is 1. The number of hydrogen-bond acceptors (Lipinski definition) is 3. The molecule has 2 fully saturated rings. The topological polar surface area (TPSA) is 70.7 Å². The number of carbonyl (C=O) groups is 2. The Balaban J connectivity index is 1.50. The summed E-state index contributed by atoms with van der Waals surface area (Å²) in [5, 5.41) is 6.01. The molecule has 3 amide bonds. The van der Waals surface area contributed by atoms with E-state index < -0.39 is 0 Å². The molecule has 24 heavy (non-hydrogen) atoms. The van der Waals surface area contributed by atoms with Gasteiger partial charge in [0.2, 0.25) is 5.91 Å². The van der Waals surface area contributed by atoms with Crippen LogP contribution in [0, 0.1) is 5.41 Å². The number of anilines is 1. The van der Waals surface area contributed by atoms with Crippen molar-refractivity contribution in [3.05, 3.63) is 30.3 Å². The molecule has 1 unspecified atom stereocenters. The molecule has 0 bridgehead atoms. The van der Waals surface area contributed by atoms with Gasteiger partial charge in [0.15, 0.2) is 0 Å². The quantitative estimate of drug-likeness (QED) is 0.889. The van der Waals surface area contributed by atoms with Crippen LogP contribution in [0.3, 0.4) is 0 Å². The number of nitrogens with one attached hydrogen (secondary N) is 2. The minimum absolute atomic E-state index is 0.0460. The number of urea groups is 1. The largest absolute Gasteiger partial charge is 0.375 e. The fourth-order valence-electron chi connectivity index (χ4n) is 3.77. The zero-order chi connectivity index (χ0) is 17.0. The van der Waals surface area contributed by atoms with Crippen LogP contribution in [0.2, 0.25) is 0 Å². The number of carbonyl (C=O) groups excluding carboxylic acids is 2. The van der Waals surface area contributed by atoms with Crippen molar-refractivity contribution >= 4 is 17.6 Å². The number of rotatable bonds is 4. The van der Waals surface area contributed by atoms with Gasteiger partial charge in [0.05, 0.1) is 0 Å². The van der Waals surface area contributed by atoms with E-state index in [4.69, 9.17) is 4.74 Å². The SMILES string of the molecule is COCC(=O)NC1CCC12CCN(C(=O)Nc1ccccc1)CC2. The average Bonchev–Trinajstić information content (AvgIpc) is 2.60. The minimum Gasteiger partial charge on any atom is -0.375 e. The lowest BCUT2D eigenvalue weighted by Crippen LogP contribution is -2.60. The molecule has 1 spiro atoms. The second-order valence-electron chi connectivity index (χ2n) is 6.74. The highest BCUT2D eigenvalue weighted by atomic mass is 16.5. The summed E-state index contributed by atoms with van der Waals surface area (Å²) in [4.78, 5) is 26.0. The van der Waals surface area contributed by atoms with Crippen molar-refractivity contribution in [3.63, 3.8) is 0 Å². The van der Waals surface area contributed by atoms with Crippen molar-refractivity contribution in [2.75, 3.05) is 32.1 Å². The van der Waals surface area contributed by atoms with Gasteiger partial charge in [-0.2, -0.15) is 0 Å². The second kappa shape index (κ2) is 7.21. The smallest absolute Gasteiger partial charge is 0.321 e. The third kappa shape index (κ3) is 3.53. The standard InChI is InChI=1S/C18H25N3O3/c1-24-13-16(22)20-15-7-8-18(15)9-11-21(12-10-18)17(23)19-14-5-3-2-4-6-14/h2-6,15H,7-13H2,1H3,(H,19,23)(H,20,22). The molecule has 6 heteroatoms. The molecule has 1 aromatic rings. The van der Waals surface area contributed by atoms with Crippen LogP contribution in [0.25, 0.3) is 0 Å². The Labute approximate surface area is 142 Å². The molecule has 1 saturated heterocycles. The number of benzene rings is 1. The van der Waals surface area contributed by atoms with Crippen LogP contribution in [0.4, 0.5) is 10.5 Å². The van der Waals surface area contributed by atoms with Crippen LogP contribution in [0.15, 0.2) is 30.3 Å². The van der Waals surface area contributed by atoms with Crippen LogP contribution >= 0.6 is 0 Å². The Morgan fingerprint density at radius 1 is 1.21 bits per heavy atom. The number of methoxy groups -OCH3 is 1. The van der Waals surface area contributed by atoms with Gasteiger partial charge in [0.1, 0.15) is 6.61 Å². The molecule has 1 saturated carbocycles. The van der Waals surface area contributed by atoms with E-state index in [0.29, 0.717) is 0 Å². The van der Waals surface area contributed by atoms with E-state index in [2.05, 4.69) is 10.6 Å². The summed E-state index contributed by atoms with van der Waals surface area (Å²) < 4.78 is 4.88. The molecule has 1 aromatic carbocycles. The van der Waals surface area contributed by atoms with Crippen molar-refractivity contribution in [1.29, 1.82) is 0 Å². The Morgan fingerprint density at radius 2 is 1.92 bits per heavy atom. The maximum atomic E-state index is 12.4. The Morgan fingerprint density at radius 3 is 2.50 bits per heavy atom. The number of amides is 3. The summed E-state index contributed by atoms with van der Waals surface area (Å²) in [6.07, 6.45) is 4.02. The molecule has 1 aliphatic heterocycles. The van der Waals surface area contributed by atoms with Gasteiger partial charge in [-0.25, -0.2) is 4.79 Å². The molecule has 1 atom stereocenters. The molecule has 130 valence electrons. The predicted octanol–water partition coefficient (Wildman–Crippen LogP) is 2.23. The number of hydrogen-bond donors (Lipinski definition) is 2. The minimum atomic E-state index is -0.0502. The fourth-order valence-corrected chi connectivity index (χ4v) is 3.77. The molecule has 3 rings (SSSR count). The van der Waals surface area contributed by atoms with E-state index in [1.807, 2.05) is 35.2 Å². The third-order valence-corrected chi connectivity index (χ3v) is 5.35. The summed E-state index contributed by atoms with van der Waals surface area (Å²) in [7, 11) is 1.53. The molecule has 1 heterocycles. The predicted molar refractivity (Wildman–Crippen MR) is 91.7 cm³/mol. The van der Waals surface area contributed by atoms with Crippen molar-refractivity contribution in [3.8, 4) is 0 Å². The molecule has 6 nitrogen and oxygen atoms in total. The Hall–Kier alpha value is -2.08. The lowest BCUT2D eigenvalue weighted by molar-refractivity contribution is -0.129. The molecule has 2 aliphatic rings. The molecule has 0 aromatic heterocycles. The van der Waals surface area contributed by atoms with Crippen LogP contribution < -0.4 is 10.6 Å². The maximum Gasteiger partial charge on any atom is 0.321 e. The first-order chi connectivity index (χ1) is 11.6. The zero-order valence-electron chi connectivity index (χ0n) is 14.1. The second-order valence-corrected chi connectivity index (χ2v) is 6.74.